The Balaban J connectivity index is 3.36. The summed E-state index contributed by atoms with van der Waals surface area (Å²) in [5.41, 5.74) is 1.27. The highest BCUT2D eigenvalue weighted by molar-refractivity contribution is 5.15. The van der Waals surface area contributed by atoms with E-state index in [2.05, 4.69) is 68.0 Å². The Morgan fingerprint density at radius 1 is 1.06 bits per heavy atom. The molecule has 1 fully saturated rings. The zero-order chi connectivity index (χ0) is 13.7. The maximum absolute atomic E-state index is 4.14. The van der Waals surface area contributed by atoms with Gasteiger partial charge in [0.15, 0.2) is 0 Å². The first-order chi connectivity index (χ1) is 7.40. The second kappa shape index (κ2) is 3.87. The largest absolute Gasteiger partial charge is 0.103 e. The summed E-state index contributed by atoms with van der Waals surface area (Å²) in [5, 5.41) is 0. The smallest absolute Gasteiger partial charge is 0.00875 e. The van der Waals surface area contributed by atoms with E-state index in [1.807, 2.05) is 0 Å². The van der Waals surface area contributed by atoms with Gasteiger partial charge in [0, 0.05) is 0 Å². The maximum atomic E-state index is 4.14. The minimum atomic E-state index is 0.267. The molecule has 0 aromatic heterocycles. The molecule has 0 aromatic carbocycles. The Bertz CT molecular complexity index is 299. The molecule has 0 heterocycles. The molecule has 17 heavy (non-hydrogen) atoms. The van der Waals surface area contributed by atoms with E-state index in [4.69, 9.17) is 0 Å². The van der Waals surface area contributed by atoms with Gasteiger partial charge < -0.3 is 0 Å². The van der Waals surface area contributed by atoms with Crippen LogP contribution in [-0.2, 0) is 0 Å². The lowest BCUT2D eigenvalue weighted by Crippen LogP contribution is -2.49. The molecule has 0 aromatic rings. The van der Waals surface area contributed by atoms with Crippen molar-refractivity contribution < 1.29 is 0 Å². The molecule has 0 aliphatic heterocycles. The molecule has 0 N–H and O–H groups in total. The number of hydrogen-bond donors (Lipinski definition) is 0. The Kier molecular flexibility index (Phi) is 3.37. The van der Waals surface area contributed by atoms with Gasteiger partial charge in [-0.3, -0.25) is 0 Å². The van der Waals surface area contributed by atoms with Gasteiger partial charge in [-0.2, -0.15) is 0 Å². The van der Waals surface area contributed by atoms with E-state index in [1.54, 1.807) is 0 Å². The number of allylic oxidation sites excluding steroid dienone is 1. The molecule has 0 nitrogen and oxygen atoms in total. The fourth-order valence-electron chi connectivity index (χ4n) is 4.38. The summed E-state index contributed by atoms with van der Waals surface area (Å²) >= 11 is 0. The molecular weight excluding hydrogens is 204 g/mol. The maximum Gasteiger partial charge on any atom is -0.00875 e. The summed E-state index contributed by atoms with van der Waals surface area (Å²) in [6.45, 7) is 23.5. The molecule has 1 rings (SSSR count). The molecule has 0 saturated heterocycles. The molecule has 0 radical (unpaired) electrons. The number of rotatable bonds is 1. The normalized spacial score (nSPS) is 39.4. The van der Waals surface area contributed by atoms with Crippen LogP contribution in [0.25, 0.3) is 0 Å². The van der Waals surface area contributed by atoms with Crippen molar-refractivity contribution in [1.29, 1.82) is 0 Å². The van der Waals surface area contributed by atoms with Gasteiger partial charge in [-0.05, 0) is 40.4 Å². The summed E-state index contributed by atoms with van der Waals surface area (Å²) in [4.78, 5) is 0. The predicted octanol–water partition coefficient (Wildman–Crippen LogP) is 5.69. The first-order valence-electron chi connectivity index (χ1n) is 7.04. The summed E-state index contributed by atoms with van der Waals surface area (Å²) in [6.07, 6.45) is 4.84. The third-order valence-corrected chi connectivity index (χ3v) is 5.89. The fourth-order valence-corrected chi connectivity index (χ4v) is 4.38. The Labute approximate surface area is 109 Å². The molecule has 0 heteroatoms. The van der Waals surface area contributed by atoms with Gasteiger partial charge in [-0.25, -0.2) is 0 Å². The van der Waals surface area contributed by atoms with Gasteiger partial charge in [0.25, 0.3) is 0 Å². The van der Waals surface area contributed by atoms with Crippen molar-refractivity contribution in [3.63, 3.8) is 0 Å². The van der Waals surface area contributed by atoms with Crippen LogP contribution in [-0.4, -0.2) is 0 Å². The van der Waals surface area contributed by atoms with Gasteiger partial charge in [0.2, 0.25) is 0 Å². The van der Waals surface area contributed by atoms with E-state index < -0.39 is 0 Å². The average Bonchev–Trinajstić information content (AvgIpc) is 2.40. The molecule has 1 aliphatic carbocycles. The summed E-state index contributed by atoms with van der Waals surface area (Å²) in [5.74, 6) is 0.762. The first kappa shape index (κ1) is 14.8. The zero-order valence-electron chi connectivity index (χ0n) is 13.3. The number of hydrogen-bond acceptors (Lipinski definition) is 0. The average molecular weight is 236 g/mol. The van der Waals surface area contributed by atoms with Crippen molar-refractivity contribution in [1.82, 2.24) is 0 Å². The molecule has 3 atom stereocenters. The van der Waals surface area contributed by atoms with Crippen LogP contribution in [0.5, 0.6) is 0 Å². The lowest BCUT2D eigenvalue weighted by atomic mass is 9.49. The third-order valence-electron chi connectivity index (χ3n) is 5.89. The van der Waals surface area contributed by atoms with E-state index in [-0.39, 0.29) is 5.41 Å². The third kappa shape index (κ3) is 1.98. The molecular formula is C17H32. The van der Waals surface area contributed by atoms with Crippen molar-refractivity contribution >= 4 is 0 Å². The summed E-state index contributed by atoms with van der Waals surface area (Å²) in [7, 11) is 0. The standard InChI is InChI=1S/C17H32/c1-10-16(8)12-11-13(14(2,3)4)17(16,9)15(5,6)7/h10,13H,1,11-12H2,2-9H3/t13?,16-,17-/m1/s1. The molecule has 1 saturated carbocycles. The molecule has 100 valence electrons. The van der Waals surface area contributed by atoms with Gasteiger partial charge in [-0.1, -0.05) is 61.5 Å². The van der Waals surface area contributed by atoms with Crippen molar-refractivity contribution in [3.8, 4) is 0 Å². The van der Waals surface area contributed by atoms with Gasteiger partial charge in [-0.15, -0.1) is 6.58 Å². The van der Waals surface area contributed by atoms with Gasteiger partial charge in [0.1, 0.15) is 0 Å². The second-order valence-electron chi connectivity index (χ2n) is 8.53. The monoisotopic (exact) mass is 236 g/mol. The Morgan fingerprint density at radius 2 is 1.53 bits per heavy atom. The molecule has 0 spiro atoms. The predicted molar refractivity (Wildman–Crippen MR) is 78.0 cm³/mol. The Hall–Kier alpha value is -0.260. The highest BCUT2D eigenvalue weighted by atomic mass is 14.6. The van der Waals surface area contributed by atoms with Crippen LogP contribution in [0.15, 0.2) is 12.7 Å². The van der Waals surface area contributed by atoms with Crippen molar-refractivity contribution in [2.75, 3.05) is 0 Å². The van der Waals surface area contributed by atoms with E-state index in [0.29, 0.717) is 16.2 Å². The highest BCUT2D eigenvalue weighted by Crippen LogP contribution is 2.68. The van der Waals surface area contributed by atoms with Crippen LogP contribution < -0.4 is 0 Å². The fraction of sp³-hybridized carbons (Fsp3) is 0.882. The second-order valence-corrected chi connectivity index (χ2v) is 8.53. The van der Waals surface area contributed by atoms with Crippen LogP contribution >= 0.6 is 0 Å². The molecule has 0 bridgehead atoms. The first-order valence-corrected chi connectivity index (χ1v) is 7.04. The van der Waals surface area contributed by atoms with E-state index >= 15 is 0 Å². The molecule has 1 unspecified atom stereocenters. The molecule has 0 amide bonds. The highest BCUT2D eigenvalue weighted by Gasteiger charge is 2.60. The lowest BCUT2D eigenvalue weighted by molar-refractivity contribution is -0.0566. The van der Waals surface area contributed by atoms with E-state index in [1.165, 1.54) is 12.8 Å². The quantitative estimate of drug-likeness (QED) is 0.513. The zero-order valence-corrected chi connectivity index (χ0v) is 13.3. The molecule has 1 aliphatic rings. The van der Waals surface area contributed by atoms with E-state index in [0.717, 1.165) is 5.92 Å². The van der Waals surface area contributed by atoms with Crippen LogP contribution in [0.2, 0.25) is 0 Å². The summed E-state index contributed by atoms with van der Waals surface area (Å²) in [6, 6.07) is 0. The SMILES string of the molecule is C=C[C@]1(C)CCC(C(C)(C)C)[C@]1(C)C(C)(C)C. The van der Waals surface area contributed by atoms with Crippen LogP contribution in [0.3, 0.4) is 0 Å². The van der Waals surface area contributed by atoms with Crippen LogP contribution in [0, 0.1) is 27.6 Å². The Morgan fingerprint density at radius 3 is 1.82 bits per heavy atom. The van der Waals surface area contributed by atoms with Gasteiger partial charge >= 0.3 is 0 Å². The minimum absolute atomic E-state index is 0.267. The van der Waals surface area contributed by atoms with Crippen LogP contribution in [0.4, 0.5) is 0 Å². The minimum Gasteiger partial charge on any atom is -0.103 e. The van der Waals surface area contributed by atoms with Crippen molar-refractivity contribution in [2.24, 2.45) is 27.6 Å². The van der Waals surface area contributed by atoms with Crippen molar-refractivity contribution in [2.45, 2.75) is 68.2 Å². The van der Waals surface area contributed by atoms with E-state index in [9.17, 15) is 0 Å². The van der Waals surface area contributed by atoms with Gasteiger partial charge in [0.05, 0.1) is 0 Å². The van der Waals surface area contributed by atoms with Crippen LogP contribution in [0.1, 0.15) is 68.2 Å². The van der Waals surface area contributed by atoms with Crippen molar-refractivity contribution in [3.05, 3.63) is 12.7 Å². The lowest BCUT2D eigenvalue weighted by Gasteiger charge is -2.55. The summed E-state index contributed by atoms with van der Waals surface area (Å²) < 4.78 is 0. The topological polar surface area (TPSA) is 0 Å².